The molecule has 0 saturated carbocycles. The molecule has 0 spiro atoms. The number of halogens is 2. The number of hydrogen-bond donors (Lipinski definition) is 0. The normalized spacial score (nSPS) is 18.5. The summed E-state index contributed by atoms with van der Waals surface area (Å²) in [6.07, 6.45) is 0.659. The summed E-state index contributed by atoms with van der Waals surface area (Å²) >= 11 is 6.73. The molecule has 0 N–H and O–H groups in total. The topological polar surface area (TPSA) is 46.6 Å². The molecular formula is C13H13Br2NO3. The largest absolute Gasteiger partial charge is 0.469 e. The smallest absolute Gasteiger partial charge is 0.310 e. The number of benzene rings is 1. The van der Waals surface area contributed by atoms with E-state index < -0.39 is 0 Å². The van der Waals surface area contributed by atoms with E-state index in [1.807, 2.05) is 12.1 Å². The first-order chi connectivity index (χ1) is 9.02. The zero-order chi connectivity index (χ0) is 14.0. The standard InChI is InChI=1S/C13H13Br2NO3/c1-19-13(18)8-4-5-16(7-8)12(17)10-3-2-9(14)6-11(10)15/h2-3,6,8H,4-5,7H2,1H3. The summed E-state index contributed by atoms with van der Waals surface area (Å²) in [6.45, 7) is 1.01. The van der Waals surface area contributed by atoms with Crippen molar-refractivity contribution >= 4 is 43.7 Å². The molecule has 19 heavy (non-hydrogen) atoms. The van der Waals surface area contributed by atoms with Gasteiger partial charge in [-0.25, -0.2) is 0 Å². The number of carbonyl (C=O) groups is 2. The van der Waals surface area contributed by atoms with Crippen LogP contribution in [0.15, 0.2) is 27.1 Å². The van der Waals surface area contributed by atoms with Crippen LogP contribution in [0, 0.1) is 5.92 Å². The van der Waals surface area contributed by atoms with Crippen LogP contribution in [0.1, 0.15) is 16.8 Å². The van der Waals surface area contributed by atoms with Gasteiger partial charge in [0, 0.05) is 22.0 Å². The van der Waals surface area contributed by atoms with Gasteiger partial charge in [-0.2, -0.15) is 0 Å². The molecule has 1 fully saturated rings. The zero-order valence-corrected chi connectivity index (χ0v) is 13.5. The van der Waals surface area contributed by atoms with E-state index in [2.05, 4.69) is 31.9 Å². The van der Waals surface area contributed by atoms with Crippen molar-refractivity contribution in [2.75, 3.05) is 20.2 Å². The van der Waals surface area contributed by atoms with E-state index in [1.165, 1.54) is 7.11 Å². The number of methoxy groups -OCH3 is 1. The van der Waals surface area contributed by atoms with Gasteiger partial charge < -0.3 is 9.64 Å². The summed E-state index contributed by atoms with van der Waals surface area (Å²) in [6, 6.07) is 5.43. The lowest BCUT2D eigenvalue weighted by Crippen LogP contribution is -2.30. The number of nitrogens with zero attached hydrogens (tertiary/aromatic N) is 1. The Morgan fingerprint density at radius 3 is 2.74 bits per heavy atom. The SMILES string of the molecule is COC(=O)C1CCN(C(=O)c2ccc(Br)cc2Br)C1. The van der Waals surface area contributed by atoms with Gasteiger partial charge in [-0.05, 0) is 40.5 Å². The third-order valence-electron chi connectivity index (χ3n) is 3.17. The Kier molecular flexibility index (Phi) is 4.62. The molecule has 0 radical (unpaired) electrons. The van der Waals surface area contributed by atoms with E-state index in [1.54, 1.807) is 11.0 Å². The van der Waals surface area contributed by atoms with Gasteiger partial charge in [-0.3, -0.25) is 9.59 Å². The molecule has 1 saturated heterocycles. The maximum Gasteiger partial charge on any atom is 0.310 e. The highest BCUT2D eigenvalue weighted by atomic mass is 79.9. The molecule has 0 aromatic heterocycles. The van der Waals surface area contributed by atoms with E-state index in [9.17, 15) is 9.59 Å². The van der Waals surface area contributed by atoms with Crippen molar-refractivity contribution in [2.45, 2.75) is 6.42 Å². The van der Waals surface area contributed by atoms with Crippen LogP contribution in [0.4, 0.5) is 0 Å². The summed E-state index contributed by atoms with van der Waals surface area (Å²) in [7, 11) is 1.37. The third kappa shape index (κ3) is 3.17. The Morgan fingerprint density at radius 1 is 1.37 bits per heavy atom. The predicted molar refractivity (Wildman–Crippen MR) is 77.9 cm³/mol. The lowest BCUT2D eigenvalue weighted by atomic mass is 10.1. The molecule has 0 aliphatic carbocycles. The van der Waals surface area contributed by atoms with Gasteiger partial charge in [0.2, 0.25) is 0 Å². The zero-order valence-electron chi connectivity index (χ0n) is 10.4. The molecule has 1 amide bonds. The Balaban J connectivity index is 2.11. The minimum absolute atomic E-state index is 0.0641. The highest BCUT2D eigenvalue weighted by Gasteiger charge is 2.32. The number of esters is 1. The fraction of sp³-hybridized carbons (Fsp3) is 0.385. The maximum absolute atomic E-state index is 12.4. The summed E-state index contributed by atoms with van der Waals surface area (Å²) in [5, 5.41) is 0. The van der Waals surface area contributed by atoms with E-state index in [0.29, 0.717) is 25.1 Å². The highest BCUT2D eigenvalue weighted by molar-refractivity contribution is 9.11. The quantitative estimate of drug-likeness (QED) is 0.729. The number of ether oxygens (including phenoxy) is 1. The van der Waals surface area contributed by atoms with Crippen molar-refractivity contribution in [3.05, 3.63) is 32.7 Å². The van der Waals surface area contributed by atoms with Gasteiger partial charge in [0.25, 0.3) is 5.91 Å². The number of likely N-dealkylation sites (tertiary alicyclic amines) is 1. The van der Waals surface area contributed by atoms with Crippen LogP contribution in [0.25, 0.3) is 0 Å². The van der Waals surface area contributed by atoms with E-state index in [0.717, 1.165) is 8.95 Å². The average Bonchev–Trinajstić information content (AvgIpc) is 2.86. The summed E-state index contributed by atoms with van der Waals surface area (Å²) in [4.78, 5) is 25.5. The lowest BCUT2D eigenvalue weighted by Gasteiger charge is -2.17. The van der Waals surface area contributed by atoms with Crippen molar-refractivity contribution in [2.24, 2.45) is 5.92 Å². The van der Waals surface area contributed by atoms with Gasteiger partial charge in [-0.15, -0.1) is 0 Å². The van der Waals surface area contributed by atoms with Crippen LogP contribution in [0.5, 0.6) is 0 Å². The molecule has 1 aromatic rings. The predicted octanol–water partition coefficient (Wildman–Crippen LogP) is 2.85. The second-order valence-electron chi connectivity index (χ2n) is 4.38. The van der Waals surface area contributed by atoms with Crippen molar-refractivity contribution in [1.82, 2.24) is 4.90 Å². The first-order valence-electron chi connectivity index (χ1n) is 5.85. The molecule has 1 aliphatic heterocycles. The van der Waals surface area contributed by atoms with Crippen LogP contribution in [0.2, 0.25) is 0 Å². The number of rotatable bonds is 2. The van der Waals surface area contributed by atoms with Crippen molar-refractivity contribution in [3.8, 4) is 0 Å². The molecule has 1 heterocycles. The Morgan fingerprint density at radius 2 is 2.11 bits per heavy atom. The summed E-state index contributed by atoms with van der Waals surface area (Å²) < 4.78 is 6.37. The Labute approximate surface area is 128 Å². The minimum atomic E-state index is -0.245. The van der Waals surface area contributed by atoms with E-state index in [-0.39, 0.29) is 17.8 Å². The molecule has 6 heteroatoms. The average molecular weight is 391 g/mol. The molecule has 1 aromatic carbocycles. The van der Waals surface area contributed by atoms with Gasteiger partial charge in [0.15, 0.2) is 0 Å². The Hall–Kier alpha value is -0.880. The van der Waals surface area contributed by atoms with Crippen molar-refractivity contribution in [1.29, 1.82) is 0 Å². The van der Waals surface area contributed by atoms with Gasteiger partial charge in [0.05, 0.1) is 18.6 Å². The van der Waals surface area contributed by atoms with Crippen LogP contribution in [-0.4, -0.2) is 37.0 Å². The molecule has 1 atom stereocenters. The van der Waals surface area contributed by atoms with Crippen molar-refractivity contribution < 1.29 is 14.3 Å². The number of amides is 1. The highest BCUT2D eigenvalue weighted by Crippen LogP contribution is 2.26. The molecule has 102 valence electrons. The van der Waals surface area contributed by atoms with E-state index >= 15 is 0 Å². The van der Waals surface area contributed by atoms with Gasteiger partial charge >= 0.3 is 5.97 Å². The van der Waals surface area contributed by atoms with Gasteiger partial charge in [-0.1, -0.05) is 15.9 Å². The molecule has 4 nitrogen and oxygen atoms in total. The molecule has 0 bridgehead atoms. The molecule has 1 unspecified atom stereocenters. The lowest BCUT2D eigenvalue weighted by molar-refractivity contribution is -0.144. The second kappa shape index (κ2) is 6.05. The summed E-state index contributed by atoms with van der Waals surface area (Å²) in [5.74, 6) is -0.515. The van der Waals surface area contributed by atoms with E-state index in [4.69, 9.17) is 4.74 Å². The fourth-order valence-electron chi connectivity index (χ4n) is 2.14. The van der Waals surface area contributed by atoms with Crippen LogP contribution >= 0.6 is 31.9 Å². The first-order valence-corrected chi connectivity index (χ1v) is 7.43. The number of carbonyl (C=O) groups excluding carboxylic acids is 2. The molecule has 2 rings (SSSR count). The van der Waals surface area contributed by atoms with Crippen LogP contribution in [-0.2, 0) is 9.53 Å². The second-order valence-corrected chi connectivity index (χ2v) is 6.15. The van der Waals surface area contributed by atoms with Gasteiger partial charge in [0.1, 0.15) is 0 Å². The Bertz CT molecular complexity index is 519. The molecule has 1 aliphatic rings. The summed E-state index contributed by atoms with van der Waals surface area (Å²) in [5.41, 5.74) is 0.605. The number of hydrogen-bond acceptors (Lipinski definition) is 3. The third-order valence-corrected chi connectivity index (χ3v) is 4.32. The minimum Gasteiger partial charge on any atom is -0.469 e. The monoisotopic (exact) mass is 389 g/mol. The van der Waals surface area contributed by atoms with Crippen LogP contribution < -0.4 is 0 Å². The van der Waals surface area contributed by atoms with Crippen molar-refractivity contribution in [3.63, 3.8) is 0 Å². The maximum atomic E-state index is 12.4. The van der Waals surface area contributed by atoms with Crippen LogP contribution in [0.3, 0.4) is 0 Å². The molecular weight excluding hydrogens is 378 g/mol. The first kappa shape index (κ1) is 14.5. The fourth-order valence-corrected chi connectivity index (χ4v) is 3.35.